The zero-order chi connectivity index (χ0) is 22.6. The molecule has 0 amide bonds. The normalized spacial score (nSPS) is 11.1. The third-order valence-electron chi connectivity index (χ3n) is 4.58. The van der Waals surface area contributed by atoms with Crippen LogP contribution in [0.25, 0.3) is 34.1 Å². The van der Waals surface area contributed by atoms with Gasteiger partial charge in [0.15, 0.2) is 5.82 Å². The summed E-state index contributed by atoms with van der Waals surface area (Å²) < 4.78 is 38.4. The van der Waals surface area contributed by atoms with Crippen molar-refractivity contribution >= 4 is 11.0 Å². The summed E-state index contributed by atoms with van der Waals surface area (Å²) in [6, 6.07) is 30.7. The standard InChI is InChI=1S/C23H17N4.ClHO4/c1-2-10-18(11-3-1)23-26(21-14-6-8-16-24-21)19-12-4-5-13-20(19)27(23)22-15-7-9-17-25-22;2-1(3,4)5/h1-17H;(H,2,3,4,5)/q+1;/p-1. The number of imidazole rings is 1. The summed E-state index contributed by atoms with van der Waals surface area (Å²) in [5.41, 5.74) is 3.27. The van der Waals surface area contributed by atoms with Gasteiger partial charge in [0.25, 0.3) is 5.82 Å². The molecule has 5 aromatic rings. The van der Waals surface area contributed by atoms with Gasteiger partial charge in [0.1, 0.15) is 17.2 Å². The fraction of sp³-hybridized carbons (Fsp3) is 0. The first-order valence-electron chi connectivity index (χ1n) is 9.49. The Morgan fingerprint density at radius 3 is 1.88 bits per heavy atom. The molecule has 0 spiro atoms. The van der Waals surface area contributed by atoms with Crippen molar-refractivity contribution in [2.75, 3.05) is 0 Å². The summed E-state index contributed by atoms with van der Waals surface area (Å²) in [6.07, 6.45) is 3.65. The number of pyridine rings is 2. The Morgan fingerprint density at radius 2 is 1.25 bits per heavy atom. The van der Waals surface area contributed by atoms with Crippen LogP contribution in [0.2, 0.25) is 0 Å². The van der Waals surface area contributed by atoms with Crippen molar-refractivity contribution in [2.24, 2.45) is 0 Å². The quantitative estimate of drug-likeness (QED) is 0.346. The molecule has 3 aromatic heterocycles. The van der Waals surface area contributed by atoms with Gasteiger partial charge in [0, 0.05) is 17.8 Å². The first-order chi connectivity index (χ1) is 15.4. The molecule has 0 radical (unpaired) electrons. The lowest BCUT2D eigenvalue weighted by atomic mass is 10.2. The molecule has 0 saturated heterocycles. The van der Waals surface area contributed by atoms with E-state index in [2.05, 4.69) is 67.6 Å². The lowest BCUT2D eigenvalue weighted by Crippen LogP contribution is -2.68. The third-order valence-corrected chi connectivity index (χ3v) is 4.58. The topological polar surface area (TPSA) is 127 Å². The van der Waals surface area contributed by atoms with Crippen molar-refractivity contribution in [3.05, 3.63) is 103 Å². The summed E-state index contributed by atoms with van der Waals surface area (Å²) in [5, 5.41) is 0. The van der Waals surface area contributed by atoms with E-state index in [0.717, 1.165) is 34.1 Å². The fourth-order valence-corrected chi connectivity index (χ4v) is 3.45. The summed E-state index contributed by atoms with van der Waals surface area (Å²) >= 11 is 0. The van der Waals surface area contributed by atoms with E-state index in [9.17, 15) is 0 Å². The van der Waals surface area contributed by atoms with Crippen LogP contribution in [0.5, 0.6) is 0 Å². The minimum Gasteiger partial charge on any atom is -0.225 e. The van der Waals surface area contributed by atoms with Gasteiger partial charge in [-0.05, 0) is 42.5 Å². The largest absolute Gasteiger partial charge is 0.267 e. The van der Waals surface area contributed by atoms with Gasteiger partial charge in [-0.3, -0.25) is 0 Å². The predicted molar refractivity (Wildman–Crippen MR) is 106 cm³/mol. The van der Waals surface area contributed by atoms with Gasteiger partial charge in [-0.1, -0.05) is 42.5 Å². The molecule has 0 atom stereocenters. The van der Waals surface area contributed by atoms with E-state index in [1.54, 1.807) is 0 Å². The first-order valence-corrected chi connectivity index (χ1v) is 10.7. The van der Waals surface area contributed by atoms with Gasteiger partial charge in [-0.15, -0.1) is 15.2 Å². The van der Waals surface area contributed by atoms with Crippen molar-refractivity contribution in [3.63, 3.8) is 0 Å². The molecule has 0 aliphatic carbocycles. The Labute approximate surface area is 185 Å². The molecule has 3 heterocycles. The van der Waals surface area contributed by atoms with Crippen molar-refractivity contribution in [2.45, 2.75) is 0 Å². The van der Waals surface area contributed by atoms with Gasteiger partial charge in [-0.25, -0.2) is 28.2 Å². The van der Waals surface area contributed by atoms with E-state index in [1.807, 2.05) is 54.9 Å². The van der Waals surface area contributed by atoms with E-state index >= 15 is 0 Å². The van der Waals surface area contributed by atoms with Crippen molar-refractivity contribution in [1.29, 1.82) is 0 Å². The molecular weight excluding hydrogens is 432 g/mol. The van der Waals surface area contributed by atoms with E-state index in [1.165, 1.54) is 0 Å². The SMILES string of the molecule is [O-][Cl+3]([O-])([O-])[O-].c1ccc(-c2n(-c3ccccn3)c3ccccc3[n+]2-c2ccccn2)cc1. The van der Waals surface area contributed by atoms with Crippen molar-refractivity contribution in [3.8, 4) is 23.0 Å². The number of hydrogen-bond acceptors (Lipinski definition) is 6. The van der Waals surface area contributed by atoms with Gasteiger partial charge in [-0.2, -0.15) is 4.57 Å². The van der Waals surface area contributed by atoms with Gasteiger partial charge in [0.05, 0.1) is 0 Å². The molecule has 160 valence electrons. The smallest absolute Gasteiger partial charge is 0.225 e. The minimum atomic E-state index is -4.94. The maximum absolute atomic E-state index is 8.49. The van der Waals surface area contributed by atoms with E-state index in [-0.39, 0.29) is 0 Å². The van der Waals surface area contributed by atoms with Crippen LogP contribution in [0.1, 0.15) is 0 Å². The molecule has 0 fully saturated rings. The Hall–Kier alpha value is -3.66. The maximum atomic E-state index is 8.49. The van der Waals surface area contributed by atoms with Gasteiger partial charge >= 0.3 is 0 Å². The average molecular weight is 449 g/mol. The molecule has 0 N–H and O–H groups in total. The summed E-state index contributed by atoms with van der Waals surface area (Å²) in [4.78, 5) is 9.24. The summed E-state index contributed by atoms with van der Waals surface area (Å²) in [6.45, 7) is 0. The van der Waals surface area contributed by atoms with Gasteiger partial charge < -0.3 is 0 Å². The molecule has 0 saturated carbocycles. The molecule has 8 nitrogen and oxygen atoms in total. The van der Waals surface area contributed by atoms with E-state index in [4.69, 9.17) is 18.6 Å². The number of nitrogens with zero attached hydrogens (tertiary/aromatic N) is 4. The van der Waals surface area contributed by atoms with Crippen LogP contribution < -0.4 is 23.2 Å². The van der Waals surface area contributed by atoms with Crippen LogP contribution in [-0.2, 0) is 0 Å². The molecule has 9 heteroatoms. The van der Waals surface area contributed by atoms with Crippen LogP contribution in [0.4, 0.5) is 0 Å². The Bertz CT molecular complexity index is 1230. The molecule has 32 heavy (non-hydrogen) atoms. The number of aromatic nitrogens is 4. The number of halogens is 1. The van der Waals surface area contributed by atoms with Crippen LogP contribution in [0.3, 0.4) is 0 Å². The average Bonchev–Trinajstić information content (AvgIpc) is 3.15. The molecule has 5 rings (SSSR count). The zero-order valence-electron chi connectivity index (χ0n) is 16.6. The highest BCUT2D eigenvalue weighted by atomic mass is 35.7. The van der Waals surface area contributed by atoms with Crippen LogP contribution in [0.15, 0.2) is 103 Å². The number of rotatable bonds is 3. The van der Waals surface area contributed by atoms with E-state index in [0.29, 0.717) is 0 Å². The Morgan fingerprint density at radius 1 is 0.656 bits per heavy atom. The second kappa shape index (κ2) is 9.23. The highest BCUT2D eigenvalue weighted by molar-refractivity contribution is 5.79. The van der Waals surface area contributed by atoms with Crippen molar-refractivity contribution < 1.29 is 33.4 Å². The summed E-state index contributed by atoms with van der Waals surface area (Å²) in [5.74, 6) is 2.78. The molecule has 0 aliphatic heterocycles. The highest BCUT2D eigenvalue weighted by Crippen LogP contribution is 2.27. The lowest BCUT2D eigenvalue weighted by molar-refractivity contribution is -2.00. The molecule has 0 aliphatic rings. The number of hydrogen-bond donors (Lipinski definition) is 0. The second-order valence-corrected chi connectivity index (χ2v) is 7.36. The fourth-order valence-electron chi connectivity index (χ4n) is 3.45. The van der Waals surface area contributed by atoms with Crippen molar-refractivity contribution in [1.82, 2.24) is 14.5 Å². The maximum Gasteiger partial charge on any atom is 0.267 e. The van der Waals surface area contributed by atoms with Crippen LogP contribution >= 0.6 is 0 Å². The number of fused-ring (bicyclic) bond motifs is 1. The molecule has 0 unspecified atom stereocenters. The highest BCUT2D eigenvalue weighted by Gasteiger charge is 2.27. The first kappa shape index (κ1) is 21.6. The van der Waals surface area contributed by atoms with Crippen LogP contribution in [-0.4, -0.2) is 14.5 Å². The summed E-state index contributed by atoms with van der Waals surface area (Å²) in [7, 11) is -4.94. The second-order valence-electron chi connectivity index (χ2n) is 6.60. The number of benzene rings is 2. The Balaban J connectivity index is 0.000000444. The number of para-hydroxylation sites is 2. The third kappa shape index (κ3) is 4.80. The lowest BCUT2D eigenvalue weighted by Gasteiger charge is -2.17. The molecule has 0 bridgehead atoms. The molecular formula is C23H17ClN4O4. The monoisotopic (exact) mass is 448 g/mol. The van der Waals surface area contributed by atoms with Gasteiger partial charge in [0.2, 0.25) is 5.82 Å². The predicted octanol–water partition coefficient (Wildman–Crippen LogP) is -0.392. The van der Waals surface area contributed by atoms with Crippen LogP contribution in [0, 0.1) is 10.2 Å². The minimum absolute atomic E-state index is 0.877. The molecule has 2 aromatic carbocycles. The van der Waals surface area contributed by atoms with E-state index < -0.39 is 10.2 Å². The zero-order valence-corrected chi connectivity index (χ0v) is 17.4. The Kier molecular flexibility index (Phi) is 6.22.